The highest BCUT2D eigenvalue weighted by atomic mass is 16.5. The average molecular weight is 339 g/mol. The number of aryl methyl sites for hydroxylation is 1. The van der Waals surface area contributed by atoms with Crippen molar-refractivity contribution in [1.82, 2.24) is 0 Å². The van der Waals surface area contributed by atoms with Crippen LogP contribution in [0.15, 0.2) is 40.5 Å². The second-order valence-corrected chi connectivity index (χ2v) is 5.50. The lowest BCUT2D eigenvalue weighted by atomic mass is 10.0. The zero-order valence-electron chi connectivity index (χ0n) is 14.7. The van der Waals surface area contributed by atoms with Gasteiger partial charge >= 0.3 is 0 Å². The summed E-state index contributed by atoms with van der Waals surface area (Å²) in [6.07, 6.45) is 4.97. The maximum absolute atomic E-state index is 12.5. The third kappa shape index (κ3) is 4.51. The molecule has 1 aromatic carbocycles. The predicted molar refractivity (Wildman–Crippen MR) is 94.8 cm³/mol. The molecule has 1 heterocycles. The Morgan fingerprint density at radius 1 is 1.32 bits per heavy atom. The van der Waals surface area contributed by atoms with Crippen LogP contribution in [0.3, 0.4) is 0 Å². The van der Waals surface area contributed by atoms with Gasteiger partial charge < -0.3 is 13.9 Å². The number of hydrogen-bond donors (Lipinski definition) is 0. The normalized spacial score (nSPS) is 11.0. The Balaban J connectivity index is 2.27. The molecule has 0 aliphatic carbocycles. The van der Waals surface area contributed by atoms with Gasteiger partial charge in [0, 0.05) is 0 Å². The van der Waals surface area contributed by atoms with Crippen LogP contribution in [-0.4, -0.2) is 19.5 Å². The number of furan rings is 1. The van der Waals surface area contributed by atoms with Crippen molar-refractivity contribution >= 4 is 11.9 Å². The van der Waals surface area contributed by atoms with Gasteiger partial charge in [-0.2, -0.15) is 5.26 Å². The van der Waals surface area contributed by atoms with E-state index in [0.717, 1.165) is 12.8 Å². The summed E-state index contributed by atoms with van der Waals surface area (Å²) in [4.78, 5) is 12.5. The van der Waals surface area contributed by atoms with E-state index >= 15 is 0 Å². The van der Waals surface area contributed by atoms with Crippen molar-refractivity contribution in [2.45, 2.75) is 26.7 Å². The van der Waals surface area contributed by atoms with Gasteiger partial charge in [0.05, 0.1) is 25.5 Å². The highest BCUT2D eigenvalue weighted by Gasteiger charge is 2.17. The number of unbranched alkanes of at least 4 members (excludes halogenated alkanes) is 1. The van der Waals surface area contributed by atoms with E-state index in [-0.39, 0.29) is 11.4 Å². The molecule has 5 heteroatoms. The molecular weight excluding hydrogens is 318 g/mol. The molecule has 0 fully saturated rings. The smallest absolute Gasteiger partial charge is 0.207 e. The SMILES string of the molecule is CCCCOc1ccc(C=C(C#N)C(=O)c2ccoc2C)cc1OC. The van der Waals surface area contributed by atoms with E-state index in [0.29, 0.717) is 35.0 Å². The summed E-state index contributed by atoms with van der Waals surface area (Å²) in [5.74, 6) is 1.33. The lowest BCUT2D eigenvalue weighted by Crippen LogP contribution is -2.02. The molecule has 0 amide bonds. The maximum atomic E-state index is 12.5. The average Bonchev–Trinajstić information content (AvgIpc) is 3.06. The van der Waals surface area contributed by atoms with E-state index in [2.05, 4.69) is 6.92 Å². The second-order valence-electron chi connectivity index (χ2n) is 5.50. The van der Waals surface area contributed by atoms with Crippen molar-refractivity contribution in [2.75, 3.05) is 13.7 Å². The van der Waals surface area contributed by atoms with Gasteiger partial charge in [0.15, 0.2) is 11.5 Å². The fourth-order valence-electron chi connectivity index (χ4n) is 2.30. The van der Waals surface area contributed by atoms with Gasteiger partial charge in [0.25, 0.3) is 0 Å². The van der Waals surface area contributed by atoms with Crippen LogP contribution in [-0.2, 0) is 0 Å². The number of carbonyl (C=O) groups excluding carboxylic acids is 1. The molecule has 0 atom stereocenters. The Hall–Kier alpha value is -3.00. The Morgan fingerprint density at radius 3 is 2.72 bits per heavy atom. The topological polar surface area (TPSA) is 72.5 Å². The lowest BCUT2D eigenvalue weighted by molar-refractivity contribution is 0.103. The number of benzene rings is 1. The van der Waals surface area contributed by atoms with Crippen molar-refractivity contribution in [1.29, 1.82) is 5.26 Å². The van der Waals surface area contributed by atoms with Gasteiger partial charge in [-0.1, -0.05) is 19.4 Å². The standard InChI is InChI=1S/C20H21NO4/c1-4-5-9-25-18-7-6-15(12-19(18)23-3)11-16(13-21)20(22)17-8-10-24-14(17)2/h6-8,10-12H,4-5,9H2,1-3H3. The van der Waals surface area contributed by atoms with Gasteiger partial charge in [-0.05, 0) is 43.2 Å². The van der Waals surface area contributed by atoms with Crippen LogP contribution in [0.25, 0.3) is 6.08 Å². The van der Waals surface area contributed by atoms with Crippen LogP contribution in [0.2, 0.25) is 0 Å². The third-order valence-electron chi connectivity index (χ3n) is 3.72. The fraction of sp³-hybridized carbons (Fsp3) is 0.300. The summed E-state index contributed by atoms with van der Waals surface area (Å²) < 4.78 is 16.2. The molecule has 0 saturated heterocycles. The number of Topliss-reactive ketones (excluding diaryl/α,β-unsaturated/α-hetero) is 1. The number of methoxy groups -OCH3 is 1. The zero-order valence-corrected chi connectivity index (χ0v) is 14.7. The third-order valence-corrected chi connectivity index (χ3v) is 3.72. The Labute approximate surface area is 147 Å². The van der Waals surface area contributed by atoms with Crippen LogP contribution in [0.1, 0.15) is 41.4 Å². The van der Waals surface area contributed by atoms with Crippen molar-refractivity contribution < 1.29 is 18.7 Å². The zero-order chi connectivity index (χ0) is 18.2. The van der Waals surface area contributed by atoms with Gasteiger partial charge in [0.1, 0.15) is 17.4 Å². The summed E-state index contributed by atoms with van der Waals surface area (Å²) in [5, 5.41) is 9.35. The molecule has 5 nitrogen and oxygen atoms in total. The molecule has 0 bridgehead atoms. The molecule has 0 saturated carbocycles. The molecule has 0 aliphatic rings. The van der Waals surface area contributed by atoms with E-state index < -0.39 is 0 Å². The summed E-state index contributed by atoms with van der Waals surface area (Å²) in [6, 6.07) is 8.83. The second kappa shape index (κ2) is 8.74. The highest BCUT2D eigenvalue weighted by molar-refractivity contribution is 6.14. The van der Waals surface area contributed by atoms with Crippen LogP contribution >= 0.6 is 0 Å². The maximum Gasteiger partial charge on any atom is 0.207 e. The number of nitriles is 1. The molecule has 2 rings (SSSR count). The Bertz CT molecular complexity index is 811. The van der Waals surface area contributed by atoms with Gasteiger partial charge in [-0.15, -0.1) is 0 Å². The molecule has 0 aliphatic heterocycles. The minimum absolute atomic E-state index is 0.0335. The molecule has 0 unspecified atom stereocenters. The minimum atomic E-state index is -0.365. The monoisotopic (exact) mass is 339 g/mol. The predicted octanol–water partition coefficient (Wildman–Crippen LogP) is 4.57. The summed E-state index contributed by atoms with van der Waals surface area (Å²) in [6.45, 7) is 4.40. The summed E-state index contributed by atoms with van der Waals surface area (Å²) in [7, 11) is 1.56. The van der Waals surface area contributed by atoms with E-state index in [1.807, 2.05) is 6.07 Å². The first-order valence-electron chi connectivity index (χ1n) is 8.12. The van der Waals surface area contributed by atoms with Crippen LogP contribution in [0, 0.1) is 18.3 Å². The van der Waals surface area contributed by atoms with Crippen molar-refractivity contribution in [3.8, 4) is 17.6 Å². The molecule has 130 valence electrons. The minimum Gasteiger partial charge on any atom is -0.493 e. The van der Waals surface area contributed by atoms with Crippen LogP contribution in [0.5, 0.6) is 11.5 Å². The molecule has 0 radical (unpaired) electrons. The molecular formula is C20H21NO4. The number of nitrogens with zero attached hydrogens (tertiary/aromatic N) is 1. The van der Waals surface area contributed by atoms with E-state index in [4.69, 9.17) is 13.9 Å². The van der Waals surface area contributed by atoms with Crippen molar-refractivity contribution in [3.63, 3.8) is 0 Å². The molecule has 0 N–H and O–H groups in total. The first-order valence-corrected chi connectivity index (χ1v) is 8.12. The van der Waals surface area contributed by atoms with Gasteiger partial charge in [-0.25, -0.2) is 0 Å². The number of allylic oxidation sites excluding steroid dienone is 1. The van der Waals surface area contributed by atoms with E-state index in [1.54, 1.807) is 38.3 Å². The van der Waals surface area contributed by atoms with Crippen molar-refractivity contribution in [3.05, 3.63) is 53.0 Å². The lowest BCUT2D eigenvalue weighted by Gasteiger charge is -2.11. The highest BCUT2D eigenvalue weighted by Crippen LogP contribution is 2.29. The summed E-state index contributed by atoms with van der Waals surface area (Å²) >= 11 is 0. The first kappa shape index (κ1) is 18.3. The van der Waals surface area contributed by atoms with E-state index in [1.165, 1.54) is 12.3 Å². The van der Waals surface area contributed by atoms with Crippen LogP contribution < -0.4 is 9.47 Å². The molecule has 25 heavy (non-hydrogen) atoms. The van der Waals surface area contributed by atoms with Gasteiger partial charge in [-0.3, -0.25) is 4.79 Å². The molecule has 1 aromatic heterocycles. The van der Waals surface area contributed by atoms with Crippen LogP contribution in [0.4, 0.5) is 0 Å². The number of ketones is 1. The largest absolute Gasteiger partial charge is 0.493 e. The number of ether oxygens (including phenoxy) is 2. The first-order chi connectivity index (χ1) is 12.1. The van der Waals surface area contributed by atoms with Gasteiger partial charge in [0.2, 0.25) is 5.78 Å². The molecule has 2 aromatic rings. The Morgan fingerprint density at radius 2 is 2.12 bits per heavy atom. The fourth-order valence-corrected chi connectivity index (χ4v) is 2.30. The summed E-state index contributed by atoms with van der Waals surface area (Å²) in [5.41, 5.74) is 1.11. The number of rotatable bonds is 8. The molecule has 0 spiro atoms. The number of hydrogen-bond acceptors (Lipinski definition) is 5. The van der Waals surface area contributed by atoms with Crippen molar-refractivity contribution in [2.24, 2.45) is 0 Å². The number of carbonyl (C=O) groups is 1. The Kier molecular flexibility index (Phi) is 6.41. The quantitative estimate of drug-likeness (QED) is 0.305. The van der Waals surface area contributed by atoms with E-state index in [9.17, 15) is 10.1 Å².